The Hall–Kier alpha value is -2.97. The largest absolute Gasteiger partial charge is 0.493 e. The van der Waals surface area contributed by atoms with Crippen molar-refractivity contribution in [2.24, 2.45) is 0 Å². The standard InChI is InChI=1S/C27H38N4O4/c1-4-35-25-10-9-22(19-26(25)33-3)24(30-15-17-34-18-16-30)20-28-27(32)31-13-11-29(12-14-31)23-8-6-5-7-21(23)2/h5-10,19,24H,4,11-18,20H2,1-3H3,(H,28,32). The molecular formula is C27H38N4O4. The Morgan fingerprint density at radius 3 is 2.46 bits per heavy atom. The predicted octanol–water partition coefficient (Wildman–Crippen LogP) is 3.31. The van der Waals surface area contributed by atoms with Crippen LogP contribution in [0, 0.1) is 6.92 Å². The molecule has 1 N–H and O–H groups in total. The summed E-state index contributed by atoms with van der Waals surface area (Å²) >= 11 is 0. The summed E-state index contributed by atoms with van der Waals surface area (Å²) in [6, 6.07) is 14.5. The average molecular weight is 483 g/mol. The van der Waals surface area contributed by atoms with Crippen molar-refractivity contribution in [2.45, 2.75) is 19.9 Å². The van der Waals surface area contributed by atoms with Gasteiger partial charge in [-0.25, -0.2) is 4.79 Å². The van der Waals surface area contributed by atoms with Crippen LogP contribution in [0.1, 0.15) is 24.1 Å². The highest BCUT2D eigenvalue weighted by molar-refractivity contribution is 5.74. The Kier molecular flexibility index (Phi) is 8.71. The molecule has 1 atom stereocenters. The molecule has 0 saturated carbocycles. The maximum absolute atomic E-state index is 13.1. The Bertz CT molecular complexity index is 971. The van der Waals surface area contributed by atoms with Crippen LogP contribution < -0.4 is 19.7 Å². The molecule has 2 aliphatic heterocycles. The molecule has 1 unspecified atom stereocenters. The van der Waals surface area contributed by atoms with Gasteiger partial charge in [0.25, 0.3) is 0 Å². The second-order valence-electron chi connectivity index (χ2n) is 8.95. The molecule has 2 aromatic carbocycles. The quantitative estimate of drug-likeness (QED) is 0.623. The number of carbonyl (C=O) groups is 1. The van der Waals surface area contributed by atoms with Crippen molar-refractivity contribution in [3.63, 3.8) is 0 Å². The van der Waals surface area contributed by atoms with Crippen LogP contribution in [-0.2, 0) is 4.74 Å². The van der Waals surface area contributed by atoms with Crippen LogP contribution in [0.4, 0.5) is 10.5 Å². The second-order valence-corrected chi connectivity index (χ2v) is 8.95. The van der Waals surface area contributed by atoms with Crippen molar-refractivity contribution in [2.75, 3.05) is 77.6 Å². The molecule has 8 nitrogen and oxygen atoms in total. The summed E-state index contributed by atoms with van der Waals surface area (Å²) in [5.41, 5.74) is 3.62. The molecule has 2 heterocycles. The molecule has 190 valence electrons. The van der Waals surface area contributed by atoms with Crippen LogP contribution in [0.3, 0.4) is 0 Å². The molecule has 0 spiro atoms. The van der Waals surface area contributed by atoms with E-state index in [0.29, 0.717) is 45.2 Å². The normalized spacial score (nSPS) is 17.7. The molecule has 0 bridgehead atoms. The van der Waals surface area contributed by atoms with E-state index in [4.69, 9.17) is 14.2 Å². The van der Waals surface area contributed by atoms with Gasteiger partial charge in [0.05, 0.1) is 33.0 Å². The zero-order valence-corrected chi connectivity index (χ0v) is 21.2. The van der Waals surface area contributed by atoms with Crippen molar-refractivity contribution in [1.29, 1.82) is 0 Å². The Balaban J connectivity index is 1.40. The summed E-state index contributed by atoms with van der Waals surface area (Å²) < 4.78 is 16.8. The number of piperazine rings is 1. The third-order valence-electron chi connectivity index (χ3n) is 6.83. The number of nitrogens with one attached hydrogen (secondary N) is 1. The van der Waals surface area contributed by atoms with Crippen LogP contribution >= 0.6 is 0 Å². The fourth-order valence-electron chi connectivity index (χ4n) is 4.88. The number of ether oxygens (including phenoxy) is 3. The van der Waals surface area contributed by atoms with Crippen molar-refractivity contribution in [1.82, 2.24) is 15.1 Å². The van der Waals surface area contributed by atoms with Crippen LogP contribution in [0.2, 0.25) is 0 Å². The van der Waals surface area contributed by atoms with Gasteiger partial charge in [0.1, 0.15) is 0 Å². The third-order valence-corrected chi connectivity index (χ3v) is 6.83. The molecule has 2 aromatic rings. The number of morpholine rings is 1. The van der Waals surface area contributed by atoms with E-state index in [-0.39, 0.29) is 12.1 Å². The van der Waals surface area contributed by atoms with Gasteiger partial charge in [0, 0.05) is 51.5 Å². The lowest BCUT2D eigenvalue weighted by Crippen LogP contribution is -2.53. The van der Waals surface area contributed by atoms with Gasteiger partial charge in [-0.05, 0) is 43.2 Å². The Morgan fingerprint density at radius 1 is 1.03 bits per heavy atom. The molecular weight excluding hydrogens is 444 g/mol. The summed E-state index contributed by atoms with van der Waals surface area (Å²) in [6.07, 6.45) is 0. The van der Waals surface area contributed by atoms with E-state index in [9.17, 15) is 4.79 Å². The molecule has 8 heteroatoms. The van der Waals surface area contributed by atoms with Crippen LogP contribution in [-0.4, -0.2) is 88.6 Å². The van der Waals surface area contributed by atoms with E-state index in [0.717, 1.165) is 37.5 Å². The van der Waals surface area contributed by atoms with E-state index < -0.39 is 0 Å². The lowest BCUT2D eigenvalue weighted by Gasteiger charge is -2.38. The number of urea groups is 1. The molecule has 2 saturated heterocycles. The SMILES string of the molecule is CCOc1ccc(C(CNC(=O)N2CCN(c3ccccc3C)CC2)N2CCOCC2)cc1OC. The summed E-state index contributed by atoms with van der Waals surface area (Å²) in [6.45, 7) is 11.3. The Morgan fingerprint density at radius 2 is 1.77 bits per heavy atom. The number of rotatable bonds is 8. The zero-order chi connectivity index (χ0) is 24.6. The highest BCUT2D eigenvalue weighted by Gasteiger charge is 2.27. The minimum atomic E-state index is -0.00871. The molecule has 0 radical (unpaired) electrons. The van der Waals surface area contributed by atoms with Gasteiger partial charge >= 0.3 is 6.03 Å². The van der Waals surface area contributed by atoms with Gasteiger partial charge in [-0.15, -0.1) is 0 Å². The number of hydrogen-bond acceptors (Lipinski definition) is 6. The maximum atomic E-state index is 13.1. The van der Waals surface area contributed by atoms with Gasteiger partial charge < -0.3 is 29.3 Å². The first-order valence-corrected chi connectivity index (χ1v) is 12.6. The van der Waals surface area contributed by atoms with Crippen molar-refractivity contribution < 1.29 is 19.0 Å². The van der Waals surface area contributed by atoms with E-state index in [1.807, 2.05) is 24.0 Å². The minimum Gasteiger partial charge on any atom is -0.493 e. The van der Waals surface area contributed by atoms with Crippen LogP contribution in [0.25, 0.3) is 0 Å². The number of para-hydroxylation sites is 1. The summed E-state index contributed by atoms with van der Waals surface area (Å²) in [5, 5.41) is 3.21. The van der Waals surface area contributed by atoms with Gasteiger partial charge in [0.15, 0.2) is 11.5 Å². The van der Waals surface area contributed by atoms with Gasteiger partial charge in [-0.3, -0.25) is 4.90 Å². The number of amides is 2. The van der Waals surface area contributed by atoms with Crippen LogP contribution in [0.5, 0.6) is 11.5 Å². The summed E-state index contributed by atoms with van der Waals surface area (Å²) in [4.78, 5) is 19.8. The highest BCUT2D eigenvalue weighted by Crippen LogP contribution is 2.32. The zero-order valence-electron chi connectivity index (χ0n) is 21.2. The van der Waals surface area contributed by atoms with E-state index in [1.165, 1.54) is 11.3 Å². The number of carbonyl (C=O) groups excluding carboxylic acids is 1. The van der Waals surface area contributed by atoms with Gasteiger partial charge in [-0.2, -0.15) is 0 Å². The molecule has 2 aliphatic rings. The van der Waals surface area contributed by atoms with Gasteiger partial charge in [-0.1, -0.05) is 24.3 Å². The third kappa shape index (κ3) is 6.18. The van der Waals surface area contributed by atoms with E-state index in [2.05, 4.69) is 52.4 Å². The first-order chi connectivity index (χ1) is 17.1. The minimum absolute atomic E-state index is 0.00871. The molecule has 0 aliphatic carbocycles. The van der Waals surface area contributed by atoms with E-state index in [1.54, 1.807) is 7.11 Å². The van der Waals surface area contributed by atoms with Crippen molar-refractivity contribution >= 4 is 11.7 Å². The monoisotopic (exact) mass is 482 g/mol. The lowest BCUT2D eigenvalue weighted by molar-refractivity contribution is 0.0164. The second kappa shape index (κ2) is 12.1. The molecule has 2 fully saturated rings. The summed E-state index contributed by atoms with van der Waals surface area (Å²) in [7, 11) is 1.66. The Labute approximate surface area is 208 Å². The van der Waals surface area contributed by atoms with E-state index >= 15 is 0 Å². The number of nitrogens with zero attached hydrogens (tertiary/aromatic N) is 3. The van der Waals surface area contributed by atoms with Crippen LogP contribution in [0.15, 0.2) is 42.5 Å². The van der Waals surface area contributed by atoms with Gasteiger partial charge in [0.2, 0.25) is 0 Å². The number of benzene rings is 2. The maximum Gasteiger partial charge on any atom is 0.317 e. The number of anilines is 1. The highest BCUT2D eigenvalue weighted by atomic mass is 16.5. The smallest absolute Gasteiger partial charge is 0.317 e. The number of methoxy groups -OCH3 is 1. The lowest BCUT2D eigenvalue weighted by atomic mass is 10.0. The summed E-state index contributed by atoms with van der Waals surface area (Å²) in [5.74, 6) is 1.44. The molecule has 0 aromatic heterocycles. The molecule has 35 heavy (non-hydrogen) atoms. The number of aryl methyl sites for hydroxylation is 1. The average Bonchev–Trinajstić information content (AvgIpc) is 2.90. The fraction of sp³-hybridized carbons (Fsp3) is 0.519. The topological polar surface area (TPSA) is 66.5 Å². The first kappa shape index (κ1) is 25.1. The predicted molar refractivity (Wildman–Crippen MR) is 138 cm³/mol. The fourth-order valence-corrected chi connectivity index (χ4v) is 4.88. The molecule has 2 amide bonds. The van der Waals surface area contributed by atoms with Crippen molar-refractivity contribution in [3.8, 4) is 11.5 Å². The molecule has 4 rings (SSSR count). The number of hydrogen-bond donors (Lipinski definition) is 1. The van der Waals surface area contributed by atoms with Crippen molar-refractivity contribution in [3.05, 3.63) is 53.6 Å². The first-order valence-electron chi connectivity index (χ1n) is 12.6.